The number of nitrogen functional groups attached to an aromatic ring is 1. The molecular weight excluding hydrogens is 419 g/mol. The quantitative estimate of drug-likeness (QED) is 0.513. The van der Waals surface area contributed by atoms with E-state index in [1.807, 2.05) is 30.7 Å². The second-order valence-electron chi connectivity index (χ2n) is 8.80. The van der Waals surface area contributed by atoms with Crippen LogP contribution in [0.3, 0.4) is 0 Å². The summed E-state index contributed by atoms with van der Waals surface area (Å²) in [6, 6.07) is 6.48. The zero-order valence-electron chi connectivity index (χ0n) is 18.7. The number of halogens is 1. The highest BCUT2D eigenvalue weighted by atomic mass is 19.1. The molecule has 33 heavy (non-hydrogen) atoms. The lowest BCUT2D eigenvalue weighted by molar-refractivity contribution is 0.227. The Labute approximate surface area is 192 Å². The first kappa shape index (κ1) is 21.2. The molecule has 1 fully saturated rings. The molecule has 2 aliphatic rings. The van der Waals surface area contributed by atoms with Crippen LogP contribution in [-0.2, 0) is 6.54 Å². The number of allylic oxidation sites excluding steroid dienone is 1. The van der Waals surface area contributed by atoms with Gasteiger partial charge in [0.15, 0.2) is 11.6 Å². The van der Waals surface area contributed by atoms with Gasteiger partial charge in [-0.2, -0.15) is 0 Å². The van der Waals surface area contributed by atoms with E-state index < -0.39 is 6.10 Å². The second-order valence-corrected chi connectivity index (χ2v) is 8.80. The number of fused-ring (bicyclic) bond motifs is 5. The topological polar surface area (TPSA) is 102 Å². The van der Waals surface area contributed by atoms with Crippen molar-refractivity contribution in [3.63, 3.8) is 0 Å². The molecule has 1 aliphatic carbocycles. The summed E-state index contributed by atoms with van der Waals surface area (Å²) in [4.78, 5) is 9.10. The second kappa shape index (κ2) is 8.35. The van der Waals surface area contributed by atoms with Crippen LogP contribution in [0.15, 0.2) is 42.2 Å². The molecule has 4 N–H and O–H groups in total. The van der Waals surface area contributed by atoms with Gasteiger partial charge in [0, 0.05) is 53.1 Å². The summed E-state index contributed by atoms with van der Waals surface area (Å²) in [6.45, 7) is 5.05. The number of nitrogens with one attached hydrogen (secondary N) is 2. The summed E-state index contributed by atoms with van der Waals surface area (Å²) in [5.74, 6) is 1.68. The van der Waals surface area contributed by atoms with Crippen LogP contribution in [0.25, 0.3) is 17.1 Å². The summed E-state index contributed by atoms with van der Waals surface area (Å²) < 4.78 is 22.5. The lowest BCUT2D eigenvalue weighted by Crippen LogP contribution is -2.20. The number of hydrogen-bond donors (Lipinski definition) is 3. The van der Waals surface area contributed by atoms with Crippen molar-refractivity contribution in [1.29, 1.82) is 5.41 Å². The summed E-state index contributed by atoms with van der Waals surface area (Å²) in [6.07, 6.45) is 6.95. The van der Waals surface area contributed by atoms with Gasteiger partial charge in [0.05, 0.1) is 12.2 Å². The van der Waals surface area contributed by atoms with E-state index in [0.29, 0.717) is 29.6 Å². The van der Waals surface area contributed by atoms with Crippen LogP contribution in [0.4, 0.5) is 10.2 Å². The van der Waals surface area contributed by atoms with E-state index >= 15 is 0 Å². The summed E-state index contributed by atoms with van der Waals surface area (Å²) in [7, 11) is 0. The maximum absolute atomic E-state index is 14.3. The minimum atomic E-state index is -0.492. The Kier molecular flexibility index (Phi) is 5.36. The van der Waals surface area contributed by atoms with Crippen LogP contribution in [0.5, 0.6) is 5.75 Å². The zero-order chi connectivity index (χ0) is 23.1. The van der Waals surface area contributed by atoms with Crippen molar-refractivity contribution in [3.8, 4) is 17.1 Å². The molecule has 2 aromatic heterocycles. The lowest BCUT2D eigenvalue weighted by atomic mass is 10.0. The third kappa shape index (κ3) is 4.20. The molecule has 1 unspecified atom stereocenters. The Hall–Kier alpha value is -3.68. The number of aryl methyl sites for hydroxylation is 1. The average molecular weight is 447 g/mol. The highest BCUT2D eigenvalue weighted by Crippen LogP contribution is 2.36. The van der Waals surface area contributed by atoms with Crippen molar-refractivity contribution in [2.75, 3.05) is 12.3 Å². The maximum atomic E-state index is 14.3. The largest absolute Gasteiger partial charge is 0.482 e. The number of hydrogen-bond acceptors (Lipinski definition) is 6. The molecule has 1 saturated carbocycles. The number of pyridine rings is 1. The average Bonchev–Trinajstić information content (AvgIpc) is 3.55. The van der Waals surface area contributed by atoms with E-state index in [9.17, 15) is 4.39 Å². The monoisotopic (exact) mass is 446 g/mol. The van der Waals surface area contributed by atoms with Crippen molar-refractivity contribution in [1.82, 2.24) is 19.9 Å². The number of nitrogens with zero attached hydrogens (tertiary/aromatic N) is 3. The van der Waals surface area contributed by atoms with Gasteiger partial charge in [-0.25, -0.2) is 14.4 Å². The SMILES string of the molecule is Cc1cn2c(n1)-c1ccc(F)cc1C(C)Oc1cc(cnc1N)/C(NCC1CC1)=C(/C=N)C2. The Balaban J connectivity index is 1.73. The van der Waals surface area contributed by atoms with Crippen LogP contribution in [-0.4, -0.2) is 27.3 Å². The molecule has 5 rings (SSSR count). The minimum absolute atomic E-state index is 0.260. The van der Waals surface area contributed by atoms with Gasteiger partial charge in [-0.3, -0.25) is 0 Å². The van der Waals surface area contributed by atoms with Crippen LogP contribution in [0, 0.1) is 24.1 Å². The first-order valence-corrected chi connectivity index (χ1v) is 11.2. The van der Waals surface area contributed by atoms with Crippen molar-refractivity contribution in [3.05, 3.63) is 64.9 Å². The fraction of sp³-hybridized carbons (Fsp3) is 0.320. The van der Waals surface area contributed by atoms with Gasteiger partial charge in [-0.1, -0.05) is 0 Å². The van der Waals surface area contributed by atoms with Gasteiger partial charge in [0.1, 0.15) is 17.7 Å². The van der Waals surface area contributed by atoms with Gasteiger partial charge < -0.3 is 25.8 Å². The number of nitrogens with two attached hydrogens (primary N) is 1. The first-order chi connectivity index (χ1) is 15.9. The lowest BCUT2D eigenvalue weighted by Gasteiger charge is -2.23. The molecular formula is C25H27FN6O. The van der Waals surface area contributed by atoms with E-state index in [0.717, 1.165) is 34.6 Å². The zero-order valence-corrected chi connectivity index (χ0v) is 18.7. The number of imidazole rings is 1. The predicted molar refractivity (Wildman–Crippen MR) is 126 cm³/mol. The molecule has 0 saturated heterocycles. The van der Waals surface area contributed by atoms with Crippen molar-refractivity contribution < 1.29 is 9.13 Å². The van der Waals surface area contributed by atoms with Gasteiger partial charge in [0.25, 0.3) is 0 Å². The first-order valence-electron chi connectivity index (χ1n) is 11.2. The van der Waals surface area contributed by atoms with Crippen molar-refractivity contribution in [2.45, 2.75) is 39.3 Å². The Bertz CT molecular complexity index is 1260. The van der Waals surface area contributed by atoms with Crippen LogP contribution in [0.1, 0.15) is 42.7 Å². The Morgan fingerprint density at radius 2 is 2.15 bits per heavy atom. The smallest absolute Gasteiger partial charge is 0.166 e. The summed E-state index contributed by atoms with van der Waals surface area (Å²) >= 11 is 0. The Morgan fingerprint density at radius 3 is 2.91 bits per heavy atom. The minimum Gasteiger partial charge on any atom is -0.482 e. The fourth-order valence-electron chi connectivity index (χ4n) is 4.25. The van der Waals surface area contributed by atoms with E-state index in [2.05, 4.69) is 10.3 Å². The van der Waals surface area contributed by atoms with E-state index in [4.69, 9.17) is 20.9 Å². The molecule has 170 valence electrons. The molecule has 3 heterocycles. The van der Waals surface area contributed by atoms with Gasteiger partial charge in [-0.15, -0.1) is 0 Å². The fourth-order valence-corrected chi connectivity index (χ4v) is 4.25. The molecule has 8 heteroatoms. The number of aromatic nitrogens is 3. The third-order valence-electron chi connectivity index (χ3n) is 6.16. The molecule has 0 amide bonds. The maximum Gasteiger partial charge on any atom is 0.166 e. The normalized spacial score (nSPS) is 20.0. The molecule has 1 aromatic carbocycles. The molecule has 0 spiro atoms. The molecule has 0 radical (unpaired) electrons. The van der Waals surface area contributed by atoms with Crippen LogP contribution in [0.2, 0.25) is 0 Å². The Morgan fingerprint density at radius 1 is 1.33 bits per heavy atom. The molecule has 1 atom stereocenters. The van der Waals surface area contributed by atoms with Crippen LogP contribution >= 0.6 is 0 Å². The van der Waals surface area contributed by atoms with Crippen molar-refractivity contribution in [2.24, 2.45) is 5.92 Å². The molecule has 3 aromatic rings. The molecule has 1 aliphatic heterocycles. The van der Waals surface area contributed by atoms with Gasteiger partial charge in [-0.05, 0) is 56.9 Å². The summed E-state index contributed by atoms with van der Waals surface area (Å²) in [5, 5.41) is 11.8. The van der Waals surface area contributed by atoms with E-state index in [1.165, 1.54) is 31.2 Å². The predicted octanol–water partition coefficient (Wildman–Crippen LogP) is 4.49. The summed E-state index contributed by atoms with van der Waals surface area (Å²) in [5.41, 5.74) is 10.8. The molecule has 2 bridgehead atoms. The molecule has 7 nitrogen and oxygen atoms in total. The highest BCUT2D eigenvalue weighted by molar-refractivity contribution is 5.89. The standard InChI is InChI=1S/C25H27FN6O/c1-14-12-32-13-18(9-27)23(29-10-16-3-4-16)17-7-22(24(28)30-11-17)33-15(2)21-8-19(26)5-6-20(21)25(32)31-14/h5-9,11-12,15-16,27,29H,3-4,10,13H2,1-2H3,(H2,28,30)/b23-18+,27-9?. The van der Waals surface area contributed by atoms with Crippen molar-refractivity contribution >= 4 is 17.7 Å². The number of ether oxygens (including phenoxy) is 1. The third-order valence-corrected chi connectivity index (χ3v) is 6.16. The van der Waals surface area contributed by atoms with E-state index in [1.54, 1.807) is 12.3 Å². The van der Waals surface area contributed by atoms with E-state index in [-0.39, 0.29) is 11.6 Å². The number of rotatable bonds is 4. The number of benzene rings is 1. The van der Waals surface area contributed by atoms with Crippen LogP contribution < -0.4 is 15.8 Å². The number of anilines is 1. The van der Waals surface area contributed by atoms with Gasteiger partial charge in [0.2, 0.25) is 0 Å². The van der Waals surface area contributed by atoms with Gasteiger partial charge >= 0.3 is 0 Å². The highest BCUT2D eigenvalue weighted by Gasteiger charge is 2.25.